The van der Waals surface area contributed by atoms with Gasteiger partial charge in [-0.05, 0) is 55.0 Å². The summed E-state index contributed by atoms with van der Waals surface area (Å²) in [7, 11) is -7.60. The van der Waals surface area contributed by atoms with Crippen LogP contribution in [0.4, 0.5) is 11.4 Å². The molecule has 2 amide bonds. The maximum atomic E-state index is 11.9. The summed E-state index contributed by atoms with van der Waals surface area (Å²) in [6.45, 7) is 0. The summed E-state index contributed by atoms with van der Waals surface area (Å²) in [6, 6.07) is 10.8. The zero-order valence-electron chi connectivity index (χ0n) is 15.2. The lowest BCUT2D eigenvalue weighted by molar-refractivity contribution is -0.117. The number of nitrogens with one attached hydrogen (secondary N) is 2. The van der Waals surface area contributed by atoms with Gasteiger partial charge in [0.25, 0.3) is 0 Å². The molecular weight excluding hydrogens is 420 g/mol. The molecule has 0 saturated heterocycles. The van der Waals surface area contributed by atoms with Gasteiger partial charge in [0.2, 0.25) is 31.9 Å². The molecule has 2 rings (SSSR count). The molecule has 156 valence electrons. The van der Waals surface area contributed by atoms with Crippen molar-refractivity contribution in [3.63, 3.8) is 0 Å². The van der Waals surface area contributed by atoms with Crippen LogP contribution in [0.1, 0.15) is 19.3 Å². The highest BCUT2D eigenvalue weighted by atomic mass is 32.2. The molecule has 0 atom stereocenters. The van der Waals surface area contributed by atoms with E-state index in [1.807, 2.05) is 0 Å². The molecule has 0 spiro atoms. The summed E-state index contributed by atoms with van der Waals surface area (Å²) in [6.07, 6.45) is 0.436. The molecular formula is C17H20N4O6S2. The number of primary sulfonamides is 2. The topological polar surface area (TPSA) is 179 Å². The maximum absolute atomic E-state index is 11.9. The Bertz CT molecular complexity index is 1010. The second-order valence-electron chi connectivity index (χ2n) is 6.09. The number of nitrogens with two attached hydrogens (primary N) is 2. The second-order valence-corrected chi connectivity index (χ2v) is 9.21. The number of anilines is 2. The van der Waals surface area contributed by atoms with Crippen LogP contribution in [0.3, 0.4) is 0 Å². The predicted molar refractivity (Wildman–Crippen MR) is 107 cm³/mol. The standard InChI is InChI=1S/C17H20N4O6S2/c18-28(24,25)14-8-4-12(5-9-14)20-16(22)2-1-3-17(23)21-13-6-10-15(11-7-13)29(19,26)27/h4-11H,1-3H2,(H,20,22)(H,21,23)(H2,18,24,25)(H2,19,26,27). The van der Waals surface area contributed by atoms with Crippen molar-refractivity contribution in [1.82, 2.24) is 0 Å². The highest BCUT2D eigenvalue weighted by molar-refractivity contribution is 7.89. The minimum Gasteiger partial charge on any atom is -0.326 e. The van der Waals surface area contributed by atoms with Gasteiger partial charge < -0.3 is 10.6 Å². The molecule has 0 heterocycles. The van der Waals surface area contributed by atoms with Gasteiger partial charge in [0.15, 0.2) is 0 Å². The number of carbonyl (C=O) groups is 2. The molecule has 0 unspecified atom stereocenters. The summed E-state index contributed by atoms with van der Waals surface area (Å²) in [5.74, 6) is -0.669. The van der Waals surface area contributed by atoms with Crippen molar-refractivity contribution in [3.05, 3.63) is 48.5 Å². The Labute approximate surface area is 168 Å². The predicted octanol–water partition coefficient (Wildman–Crippen LogP) is 0.729. The Kier molecular flexibility index (Phi) is 7.08. The number of amides is 2. The van der Waals surface area contributed by atoms with Crippen molar-refractivity contribution >= 4 is 43.2 Å². The molecule has 0 saturated carbocycles. The lowest BCUT2D eigenvalue weighted by Crippen LogP contribution is -2.15. The van der Waals surface area contributed by atoms with Crippen LogP contribution in [0, 0.1) is 0 Å². The fourth-order valence-electron chi connectivity index (χ4n) is 2.31. The molecule has 0 radical (unpaired) electrons. The normalized spacial score (nSPS) is 11.7. The van der Waals surface area contributed by atoms with Crippen molar-refractivity contribution in [3.8, 4) is 0 Å². The lowest BCUT2D eigenvalue weighted by Gasteiger charge is -2.07. The first-order valence-corrected chi connectivity index (χ1v) is 11.4. The van der Waals surface area contributed by atoms with E-state index in [9.17, 15) is 26.4 Å². The maximum Gasteiger partial charge on any atom is 0.238 e. The molecule has 0 aliphatic rings. The van der Waals surface area contributed by atoms with E-state index in [0.29, 0.717) is 11.4 Å². The van der Waals surface area contributed by atoms with Crippen LogP contribution < -0.4 is 20.9 Å². The number of hydrogen-bond acceptors (Lipinski definition) is 6. The first kappa shape index (κ1) is 22.5. The van der Waals surface area contributed by atoms with E-state index in [1.54, 1.807) is 0 Å². The van der Waals surface area contributed by atoms with Crippen molar-refractivity contribution in [1.29, 1.82) is 0 Å². The van der Waals surface area contributed by atoms with E-state index in [0.717, 1.165) is 0 Å². The summed E-state index contributed by atoms with van der Waals surface area (Å²) in [4.78, 5) is 23.7. The molecule has 0 aliphatic carbocycles. The fraction of sp³-hybridized carbons (Fsp3) is 0.176. The van der Waals surface area contributed by atoms with Crippen LogP contribution in [0.25, 0.3) is 0 Å². The third-order valence-corrected chi connectivity index (χ3v) is 5.60. The SMILES string of the molecule is NS(=O)(=O)c1ccc(NC(=O)CCCC(=O)Nc2ccc(S(N)(=O)=O)cc2)cc1. The van der Waals surface area contributed by atoms with Crippen molar-refractivity contribution < 1.29 is 26.4 Å². The van der Waals surface area contributed by atoms with Crippen molar-refractivity contribution in [2.24, 2.45) is 10.3 Å². The van der Waals surface area contributed by atoms with E-state index >= 15 is 0 Å². The largest absolute Gasteiger partial charge is 0.326 e. The fourth-order valence-corrected chi connectivity index (χ4v) is 3.34. The molecule has 12 heteroatoms. The average Bonchev–Trinajstić information content (AvgIpc) is 2.61. The van der Waals surface area contributed by atoms with Gasteiger partial charge in [0.05, 0.1) is 9.79 Å². The third kappa shape index (κ3) is 7.27. The van der Waals surface area contributed by atoms with Gasteiger partial charge >= 0.3 is 0 Å². The first-order valence-electron chi connectivity index (χ1n) is 8.30. The number of benzene rings is 2. The molecule has 2 aromatic carbocycles. The van der Waals surface area contributed by atoms with Gasteiger partial charge in [-0.25, -0.2) is 27.1 Å². The van der Waals surface area contributed by atoms with E-state index < -0.39 is 20.0 Å². The van der Waals surface area contributed by atoms with Gasteiger partial charge in [-0.15, -0.1) is 0 Å². The molecule has 2 aromatic rings. The number of rotatable bonds is 8. The lowest BCUT2D eigenvalue weighted by atomic mass is 10.2. The minimum absolute atomic E-state index is 0.0655. The van der Waals surface area contributed by atoms with E-state index in [-0.39, 0.29) is 40.9 Å². The van der Waals surface area contributed by atoms with E-state index in [4.69, 9.17) is 10.3 Å². The summed E-state index contributed by atoms with van der Waals surface area (Å²) in [5, 5.41) is 15.2. The van der Waals surface area contributed by atoms with Gasteiger partial charge in [0, 0.05) is 24.2 Å². The number of sulfonamides is 2. The number of carbonyl (C=O) groups excluding carboxylic acids is 2. The molecule has 0 bridgehead atoms. The monoisotopic (exact) mass is 440 g/mol. The van der Waals surface area contributed by atoms with Gasteiger partial charge in [-0.2, -0.15) is 0 Å². The Hall–Kier alpha value is -2.80. The molecule has 0 aromatic heterocycles. The van der Waals surface area contributed by atoms with Crippen LogP contribution in [0.5, 0.6) is 0 Å². The minimum atomic E-state index is -3.80. The molecule has 10 nitrogen and oxygen atoms in total. The average molecular weight is 441 g/mol. The van der Waals surface area contributed by atoms with Crippen LogP contribution in [0.2, 0.25) is 0 Å². The first-order chi connectivity index (χ1) is 13.4. The zero-order chi connectivity index (χ0) is 21.7. The van der Waals surface area contributed by atoms with Gasteiger partial charge in [-0.1, -0.05) is 0 Å². The van der Waals surface area contributed by atoms with Crippen molar-refractivity contribution in [2.45, 2.75) is 29.1 Å². The number of hydrogen-bond donors (Lipinski definition) is 4. The van der Waals surface area contributed by atoms with Crippen molar-refractivity contribution in [2.75, 3.05) is 10.6 Å². The third-order valence-electron chi connectivity index (χ3n) is 3.74. The highest BCUT2D eigenvalue weighted by Crippen LogP contribution is 2.15. The zero-order valence-corrected chi connectivity index (χ0v) is 16.8. The summed E-state index contributed by atoms with van der Waals surface area (Å²) >= 11 is 0. The van der Waals surface area contributed by atoms with E-state index in [1.165, 1.54) is 48.5 Å². The molecule has 0 fully saturated rings. The Morgan fingerprint density at radius 2 is 0.966 bits per heavy atom. The van der Waals surface area contributed by atoms with Crippen LogP contribution in [-0.4, -0.2) is 28.6 Å². The smallest absolute Gasteiger partial charge is 0.238 e. The summed E-state index contributed by atoms with van der Waals surface area (Å²) < 4.78 is 44.7. The summed E-state index contributed by atoms with van der Waals surface area (Å²) in [5.41, 5.74) is 0.809. The molecule has 0 aliphatic heterocycles. The molecule has 6 N–H and O–H groups in total. The van der Waals surface area contributed by atoms with Gasteiger partial charge in [0.1, 0.15) is 0 Å². The van der Waals surface area contributed by atoms with Crippen LogP contribution >= 0.6 is 0 Å². The Balaban J connectivity index is 1.77. The van der Waals surface area contributed by atoms with Gasteiger partial charge in [-0.3, -0.25) is 9.59 Å². The van der Waals surface area contributed by atoms with Crippen LogP contribution in [0.15, 0.2) is 58.3 Å². The Morgan fingerprint density at radius 1 is 0.655 bits per heavy atom. The van der Waals surface area contributed by atoms with Crippen LogP contribution in [-0.2, 0) is 29.6 Å². The quantitative estimate of drug-likeness (QED) is 0.470. The second kappa shape index (κ2) is 9.13. The van der Waals surface area contributed by atoms with E-state index in [2.05, 4.69) is 10.6 Å². The highest BCUT2D eigenvalue weighted by Gasteiger charge is 2.10. The molecule has 29 heavy (non-hydrogen) atoms. The Morgan fingerprint density at radius 3 is 1.24 bits per heavy atom.